The molecule has 3 aromatic rings. The van der Waals surface area contributed by atoms with Crippen molar-refractivity contribution in [1.82, 2.24) is 14.4 Å². The second-order valence-corrected chi connectivity index (χ2v) is 8.93. The summed E-state index contributed by atoms with van der Waals surface area (Å²) in [5, 5.41) is 7.12. The minimum absolute atomic E-state index is 0.0727. The number of ether oxygens (including phenoxy) is 3. The van der Waals surface area contributed by atoms with Crippen molar-refractivity contribution in [3.05, 3.63) is 42.3 Å². The first-order valence-corrected chi connectivity index (χ1v) is 11.2. The van der Waals surface area contributed by atoms with Gasteiger partial charge in [0.2, 0.25) is 21.7 Å². The molecule has 0 saturated heterocycles. The van der Waals surface area contributed by atoms with Crippen LogP contribution in [0.4, 0.5) is 5.69 Å². The van der Waals surface area contributed by atoms with Crippen molar-refractivity contribution in [3.8, 4) is 28.6 Å². The Hall–Kier alpha value is -3.31. The zero-order valence-electron chi connectivity index (χ0n) is 18.6. The Morgan fingerprint density at radius 3 is 2.50 bits per heavy atom. The van der Waals surface area contributed by atoms with Crippen LogP contribution in [0, 0.1) is 0 Å². The third-order valence-electron chi connectivity index (χ3n) is 4.56. The van der Waals surface area contributed by atoms with E-state index in [2.05, 4.69) is 15.5 Å². The van der Waals surface area contributed by atoms with Crippen molar-refractivity contribution in [2.75, 3.05) is 40.2 Å². The zero-order chi connectivity index (χ0) is 23.3. The summed E-state index contributed by atoms with van der Waals surface area (Å²) in [6, 6.07) is 10.1. The molecule has 0 saturated carbocycles. The van der Waals surface area contributed by atoms with E-state index in [-0.39, 0.29) is 11.4 Å². The van der Waals surface area contributed by atoms with Gasteiger partial charge in [-0.25, -0.2) is 12.7 Å². The quantitative estimate of drug-likeness (QED) is 0.485. The highest BCUT2D eigenvalue weighted by Gasteiger charge is 2.23. The molecular weight excluding hydrogens is 436 g/mol. The molecule has 11 heteroatoms. The van der Waals surface area contributed by atoms with Crippen molar-refractivity contribution in [2.45, 2.75) is 18.4 Å². The monoisotopic (exact) mass is 462 g/mol. The third-order valence-corrected chi connectivity index (χ3v) is 6.40. The van der Waals surface area contributed by atoms with Crippen LogP contribution in [-0.2, 0) is 16.6 Å². The second kappa shape index (κ2) is 9.88. The highest BCUT2D eigenvalue weighted by molar-refractivity contribution is 7.89. The minimum atomic E-state index is -3.69. The number of sulfonamides is 1. The lowest BCUT2D eigenvalue weighted by Crippen LogP contribution is -2.23. The third kappa shape index (κ3) is 4.94. The first-order valence-electron chi connectivity index (χ1n) is 9.78. The van der Waals surface area contributed by atoms with Crippen molar-refractivity contribution in [2.24, 2.45) is 0 Å². The number of nitrogens with one attached hydrogen (secondary N) is 1. The summed E-state index contributed by atoms with van der Waals surface area (Å²) in [5.41, 5.74) is 1.22. The lowest BCUT2D eigenvalue weighted by Gasteiger charge is -2.16. The Balaban J connectivity index is 1.81. The van der Waals surface area contributed by atoms with Crippen molar-refractivity contribution < 1.29 is 27.2 Å². The van der Waals surface area contributed by atoms with Gasteiger partial charge in [-0.15, -0.1) is 0 Å². The van der Waals surface area contributed by atoms with Crippen molar-refractivity contribution in [1.29, 1.82) is 0 Å². The standard InChI is InChI=1S/C21H26N4O6S/c1-6-30-17-10-7-14(11-19(17)32(26,27)25(2)3)22-13-20-23-21(24-31-20)16-9-8-15(28-4)12-18(16)29-5/h7-12,22H,6,13H2,1-5H3. The predicted molar refractivity (Wildman–Crippen MR) is 119 cm³/mol. The molecule has 0 bridgehead atoms. The zero-order valence-corrected chi connectivity index (χ0v) is 19.4. The number of aromatic nitrogens is 2. The molecule has 0 fully saturated rings. The van der Waals surface area contributed by atoms with E-state index in [4.69, 9.17) is 18.7 Å². The van der Waals surface area contributed by atoms with Crippen LogP contribution < -0.4 is 19.5 Å². The Bertz CT molecular complexity index is 1180. The fourth-order valence-electron chi connectivity index (χ4n) is 2.89. The molecule has 1 heterocycles. The minimum Gasteiger partial charge on any atom is -0.497 e. The topological polar surface area (TPSA) is 116 Å². The second-order valence-electron chi connectivity index (χ2n) is 6.81. The maximum Gasteiger partial charge on any atom is 0.246 e. The van der Waals surface area contributed by atoms with Gasteiger partial charge < -0.3 is 24.1 Å². The molecule has 0 aliphatic rings. The van der Waals surface area contributed by atoms with E-state index in [1.807, 2.05) is 0 Å². The number of hydrogen-bond donors (Lipinski definition) is 1. The van der Waals surface area contributed by atoms with E-state index in [1.165, 1.54) is 20.2 Å². The van der Waals surface area contributed by atoms with Crippen LogP contribution in [0.1, 0.15) is 12.8 Å². The lowest BCUT2D eigenvalue weighted by molar-refractivity contribution is 0.330. The maximum absolute atomic E-state index is 12.7. The van der Waals surface area contributed by atoms with Crippen LogP contribution >= 0.6 is 0 Å². The van der Waals surface area contributed by atoms with E-state index in [0.717, 1.165) is 4.31 Å². The van der Waals surface area contributed by atoms with Gasteiger partial charge in [0.25, 0.3) is 0 Å². The van der Waals surface area contributed by atoms with Crippen LogP contribution in [0.5, 0.6) is 17.2 Å². The lowest BCUT2D eigenvalue weighted by atomic mass is 10.2. The summed E-state index contributed by atoms with van der Waals surface area (Å²) >= 11 is 0. The molecule has 0 amide bonds. The van der Waals surface area contributed by atoms with Gasteiger partial charge in [0, 0.05) is 25.8 Å². The average Bonchev–Trinajstić information content (AvgIpc) is 3.26. The molecule has 1 N–H and O–H groups in total. The van der Waals surface area contributed by atoms with Gasteiger partial charge in [-0.05, 0) is 37.3 Å². The molecule has 172 valence electrons. The maximum atomic E-state index is 12.7. The number of methoxy groups -OCH3 is 2. The molecule has 32 heavy (non-hydrogen) atoms. The van der Waals surface area contributed by atoms with Crippen LogP contribution in [0.3, 0.4) is 0 Å². The smallest absolute Gasteiger partial charge is 0.246 e. The highest BCUT2D eigenvalue weighted by Crippen LogP contribution is 2.32. The predicted octanol–water partition coefficient (Wildman–Crippen LogP) is 3.01. The fourth-order valence-corrected chi connectivity index (χ4v) is 3.94. The normalized spacial score (nSPS) is 11.4. The Labute approximate surface area is 187 Å². The van der Waals surface area contributed by atoms with Crippen LogP contribution in [-0.4, -0.2) is 57.8 Å². The highest BCUT2D eigenvalue weighted by atomic mass is 32.2. The molecule has 2 aromatic carbocycles. The summed E-state index contributed by atoms with van der Waals surface area (Å²) in [7, 11) is 2.37. The molecule has 0 aliphatic carbocycles. The van der Waals surface area contributed by atoms with Gasteiger partial charge in [-0.3, -0.25) is 0 Å². The van der Waals surface area contributed by atoms with Gasteiger partial charge in [0.1, 0.15) is 22.1 Å². The number of rotatable bonds is 10. The van der Waals surface area contributed by atoms with E-state index in [1.54, 1.807) is 51.5 Å². The average molecular weight is 463 g/mol. The number of anilines is 1. The summed E-state index contributed by atoms with van der Waals surface area (Å²) < 4.78 is 47.9. The fraction of sp³-hybridized carbons (Fsp3) is 0.333. The molecule has 0 atom stereocenters. The van der Waals surface area contributed by atoms with Crippen LogP contribution in [0.15, 0.2) is 45.8 Å². The number of nitrogens with zero attached hydrogens (tertiary/aromatic N) is 3. The van der Waals surface area contributed by atoms with Gasteiger partial charge in [-0.2, -0.15) is 4.98 Å². The van der Waals surface area contributed by atoms with Gasteiger partial charge in [0.15, 0.2) is 0 Å². The molecular formula is C21H26N4O6S. The van der Waals surface area contributed by atoms with Gasteiger partial charge in [0.05, 0.1) is 32.9 Å². The molecule has 0 unspecified atom stereocenters. The van der Waals surface area contributed by atoms with Crippen LogP contribution in [0.25, 0.3) is 11.4 Å². The molecule has 0 spiro atoms. The number of benzene rings is 2. The van der Waals surface area contributed by atoms with Crippen molar-refractivity contribution in [3.63, 3.8) is 0 Å². The first-order chi connectivity index (χ1) is 15.3. The summed E-state index contributed by atoms with van der Waals surface area (Å²) in [4.78, 5) is 4.47. The first kappa shape index (κ1) is 23.4. The largest absolute Gasteiger partial charge is 0.497 e. The van der Waals surface area contributed by atoms with E-state index in [9.17, 15) is 8.42 Å². The number of hydrogen-bond acceptors (Lipinski definition) is 9. The Morgan fingerprint density at radius 2 is 1.84 bits per heavy atom. The van der Waals surface area contributed by atoms with E-state index < -0.39 is 10.0 Å². The van der Waals surface area contributed by atoms with Gasteiger partial charge in [-0.1, -0.05) is 5.16 Å². The van der Waals surface area contributed by atoms with Crippen LogP contribution in [0.2, 0.25) is 0 Å². The molecule has 3 rings (SSSR count). The Kier molecular flexibility index (Phi) is 7.21. The van der Waals surface area contributed by atoms with E-state index >= 15 is 0 Å². The Morgan fingerprint density at radius 1 is 1.06 bits per heavy atom. The van der Waals surface area contributed by atoms with E-state index in [0.29, 0.717) is 46.8 Å². The molecule has 1 aromatic heterocycles. The van der Waals surface area contributed by atoms with Gasteiger partial charge >= 0.3 is 0 Å². The molecule has 0 aliphatic heterocycles. The SMILES string of the molecule is CCOc1ccc(NCc2nc(-c3ccc(OC)cc3OC)no2)cc1S(=O)(=O)N(C)C. The summed E-state index contributed by atoms with van der Waals surface area (Å²) in [6.45, 7) is 2.34. The molecule has 10 nitrogen and oxygen atoms in total. The van der Waals surface area contributed by atoms with Crippen molar-refractivity contribution >= 4 is 15.7 Å². The summed E-state index contributed by atoms with van der Waals surface area (Å²) in [6.07, 6.45) is 0. The summed E-state index contributed by atoms with van der Waals surface area (Å²) in [5.74, 6) is 2.18. The molecule has 0 radical (unpaired) electrons.